The highest BCUT2D eigenvalue weighted by Crippen LogP contribution is 2.24. The molecule has 42 heavy (non-hydrogen) atoms. The molecule has 8 bridgehead atoms. The summed E-state index contributed by atoms with van der Waals surface area (Å²) in [6, 6.07) is 25.2. The summed E-state index contributed by atoms with van der Waals surface area (Å²) in [6.45, 7) is 4.26. The fraction of sp³-hybridized carbons (Fsp3) is 0.235. The van der Waals surface area contributed by atoms with Gasteiger partial charge >= 0.3 is 0 Å². The van der Waals surface area contributed by atoms with Crippen LogP contribution in [0.5, 0.6) is 0 Å². The van der Waals surface area contributed by atoms with Crippen LogP contribution in [0.25, 0.3) is 43.6 Å². The normalized spacial score (nSPS) is 15.4. The van der Waals surface area contributed by atoms with E-state index in [4.69, 9.17) is 19.9 Å². The van der Waals surface area contributed by atoms with Gasteiger partial charge in [-0.3, -0.25) is 9.98 Å². The van der Waals surface area contributed by atoms with Crippen LogP contribution in [0.3, 0.4) is 0 Å². The predicted molar refractivity (Wildman–Crippen MR) is 171 cm³/mol. The number of aliphatic imine (C=N–C) groups is 2. The first-order valence-electron chi connectivity index (χ1n) is 14.5. The van der Waals surface area contributed by atoms with Gasteiger partial charge in [-0.1, -0.05) is 48.5 Å². The summed E-state index contributed by atoms with van der Waals surface area (Å²) in [5.41, 5.74) is 7.59. The zero-order chi connectivity index (χ0) is 28.1. The van der Waals surface area contributed by atoms with E-state index < -0.39 is 0 Å². The van der Waals surface area contributed by atoms with Gasteiger partial charge < -0.3 is 10.6 Å². The molecule has 0 unspecified atom stereocenters. The summed E-state index contributed by atoms with van der Waals surface area (Å²) in [5.74, 6) is 0. The zero-order valence-electron chi connectivity index (χ0n) is 23.4. The molecule has 0 atom stereocenters. The van der Waals surface area contributed by atoms with Gasteiger partial charge in [-0.05, 0) is 43.8 Å². The predicted octanol–water partition coefficient (Wildman–Crippen LogP) is 5.69. The number of benzene rings is 2. The molecule has 1 aliphatic heterocycles. The van der Waals surface area contributed by atoms with Gasteiger partial charge in [0.1, 0.15) is 0 Å². The minimum absolute atomic E-state index is 0.518. The van der Waals surface area contributed by atoms with Crippen molar-refractivity contribution in [2.75, 3.05) is 13.1 Å². The van der Waals surface area contributed by atoms with Crippen LogP contribution in [0.2, 0.25) is 0 Å². The lowest BCUT2D eigenvalue weighted by molar-refractivity contribution is 0.588. The van der Waals surface area contributed by atoms with Crippen molar-refractivity contribution in [1.82, 2.24) is 30.6 Å². The molecule has 0 amide bonds. The minimum atomic E-state index is 0.518. The highest BCUT2D eigenvalue weighted by atomic mass is 14.9. The Morgan fingerprint density at radius 3 is 1.21 bits per heavy atom. The molecule has 0 fully saturated rings. The molecule has 5 heterocycles. The molecule has 0 radical (unpaired) electrons. The van der Waals surface area contributed by atoms with Crippen LogP contribution in [0.1, 0.15) is 35.6 Å². The van der Waals surface area contributed by atoms with Gasteiger partial charge in [0.25, 0.3) is 0 Å². The maximum atomic E-state index is 4.98. The number of nitrogens with zero attached hydrogens (tertiary/aromatic N) is 6. The first-order chi connectivity index (χ1) is 20.8. The Hall–Kier alpha value is -4.66. The fourth-order valence-corrected chi connectivity index (χ4v) is 5.35. The Bertz CT molecular complexity index is 1820. The molecule has 6 aromatic rings. The van der Waals surface area contributed by atoms with E-state index >= 15 is 0 Å². The smallest absolute Gasteiger partial charge is 0.0968 e. The first-order valence-corrected chi connectivity index (χ1v) is 14.5. The van der Waals surface area contributed by atoms with Crippen LogP contribution in [-0.2, 0) is 26.2 Å². The standard InChI is InChI=1S/C34H32N8/c1-15-35-19-27-11-7-23-3-5-25-9-13-29(41-33(25)31(23)39-27)21-37-17-2-18-38-22-30-14-10-26-6-4-24-8-12-28(20-36-16-1)40-32(24)34(26)42-30/h3-16,37-38H,1-2,17-22H2. The van der Waals surface area contributed by atoms with Crippen LogP contribution in [-0.4, -0.2) is 45.5 Å². The van der Waals surface area contributed by atoms with E-state index in [-0.39, 0.29) is 0 Å². The summed E-state index contributed by atoms with van der Waals surface area (Å²) < 4.78 is 0. The largest absolute Gasteiger partial charge is 0.311 e. The molecule has 4 aromatic heterocycles. The second-order valence-electron chi connectivity index (χ2n) is 10.6. The van der Waals surface area contributed by atoms with Gasteiger partial charge in [-0.25, -0.2) is 19.9 Å². The maximum Gasteiger partial charge on any atom is 0.0968 e. The number of hydrogen-bond donors (Lipinski definition) is 2. The molecule has 8 nitrogen and oxygen atoms in total. The van der Waals surface area contributed by atoms with E-state index in [9.17, 15) is 0 Å². The Morgan fingerprint density at radius 2 is 0.786 bits per heavy atom. The van der Waals surface area contributed by atoms with Gasteiger partial charge in [0.15, 0.2) is 0 Å². The van der Waals surface area contributed by atoms with Crippen molar-refractivity contribution < 1.29 is 0 Å². The van der Waals surface area contributed by atoms with E-state index in [0.717, 1.165) is 85.9 Å². The van der Waals surface area contributed by atoms with Gasteiger partial charge in [-0.2, -0.15) is 0 Å². The minimum Gasteiger partial charge on any atom is -0.311 e. The van der Waals surface area contributed by atoms with Gasteiger partial charge in [0, 0.05) is 53.5 Å². The van der Waals surface area contributed by atoms with E-state index in [1.54, 1.807) is 0 Å². The average Bonchev–Trinajstić information content (AvgIpc) is 3.03. The molecule has 0 aliphatic carbocycles. The molecular weight excluding hydrogens is 520 g/mol. The van der Waals surface area contributed by atoms with Crippen molar-refractivity contribution in [3.05, 3.63) is 95.6 Å². The highest BCUT2D eigenvalue weighted by Gasteiger charge is 2.08. The lowest BCUT2D eigenvalue weighted by Gasteiger charge is -2.09. The van der Waals surface area contributed by atoms with Gasteiger partial charge in [0.05, 0.1) is 57.9 Å². The Labute approximate surface area is 244 Å². The molecule has 0 saturated carbocycles. The van der Waals surface area contributed by atoms with Crippen LogP contribution < -0.4 is 10.6 Å². The molecule has 2 N–H and O–H groups in total. The van der Waals surface area contributed by atoms with Crippen molar-refractivity contribution in [1.29, 1.82) is 0 Å². The van der Waals surface area contributed by atoms with E-state index in [2.05, 4.69) is 81.3 Å². The number of nitrogens with one attached hydrogen (secondary N) is 2. The Morgan fingerprint density at radius 1 is 0.429 bits per heavy atom. The third kappa shape index (κ3) is 5.72. The highest BCUT2D eigenvalue weighted by molar-refractivity contribution is 6.03. The molecule has 7 rings (SSSR count). The van der Waals surface area contributed by atoms with Crippen molar-refractivity contribution in [3.8, 4) is 0 Å². The Balaban J connectivity index is 1.16. The SMILES string of the molecule is C1=NCc2ccc3ccc4ccc(nc4c3n2)CNCCCNCc2ccc3ccc4ccc(nc4c3n2)CN=CC1. The second kappa shape index (κ2) is 12.1. The van der Waals surface area contributed by atoms with Crippen molar-refractivity contribution in [2.45, 2.75) is 39.0 Å². The molecule has 1 aliphatic rings. The second-order valence-corrected chi connectivity index (χ2v) is 10.6. The molecule has 0 spiro atoms. The molecule has 8 heteroatoms. The third-order valence-corrected chi connectivity index (χ3v) is 7.56. The third-order valence-electron chi connectivity index (χ3n) is 7.56. The zero-order valence-corrected chi connectivity index (χ0v) is 23.4. The number of fused-ring (bicyclic) bond motifs is 4. The lowest BCUT2D eigenvalue weighted by Crippen LogP contribution is -2.22. The fourth-order valence-electron chi connectivity index (χ4n) is 5.35. The van der Waals surface area contributed by atoms with Crippen molar-refractivity contribution in [3.63, 3.8) is 0 Å². The molecule has 2 aromatic carbocycles. The van der Waals surface area contributed by atoms with Crippen LogP contribution in [0.15, 0.2) is 82.8 Å². The first kappa shape index (κ1) is 26.3. The molecular formula is C34H32N8. The summed E-state index contributed by atoms with van der Waals surface area (Å²) in [5, 5.41) is 11.4. The monoisotopic (exact) mass is 552 g/mol. The topological polar surface area (TPSA) is 100 Å². The summed E-state index contributed by atoms with van der Waals surface area (Å²) in [4.78, 5) is 29.0. The number of hydrogen-bond acceptors (Lipinski definition) is 8. The summed E-state index contributed by atoms with van der Waals surface area (Å²) in [7, 11) is 0. The van der Waals surface area contributed by atoms with E-state index in [1.807, 2.05) is 24.6 Å². The van der Waals surface area contributed by atoms with Crippen LogP contribution >= 0.6 is 0 Å². The maximum absolute atomic E-state index is 4.98. The summed E-state index contributed by atoms with van der Waals surface area (Å²) in [6.07, 6.45) is 5.45. The number of rotatable bonds is 0. The van der Waals surface area contributed by atoms with Gasteiger partial charge in [-0.15, -0.1) is 0 Å². The Kier molecular flexibility index (Phi) is 7.54. The van der Waals surface area contributed by atoms with Crippen molar-refractivity contribution >= 4 is 56.0 Å². The lowest BCUT2D eigenvalue weighted by atomic mass is 10.1. The van der Waals surface area contributed by atoms with Crippen LogP contribution in [0.4, 0.5) is 0 Å². The van der Waals surface area contributed by atoms with Gasteiger partial charge in [0.2, 0.25) is 0 Å². The average molecular weight is 553 g/mol. The number of aromatic nitrogens is 4. The van der Waals surface area contributed by atoms with Crippen molar-refractivity contribution in [2.24, 2.45) is 9.98 Å². The number of pyridine rings is 4. The van der Waals surface area contributed by atoms with E-state index in [1.165, 1.54) is 0 Å². The quantitative estimate of drug-likeness (QED) is 0.235. The molecule has 208 valence electrons. The molecule has 0 saturated heterocycles. The van der Waals surface area contributed by atoms with Crippen LogP contribution in [0, 0.1) is 0 Å². The van der Waals surface area contributed by atoms with E-state index in [0.29, 0.717) is 32.6 Å². The summed E-state index contributed by atoms with van der Waals surface area (Å²) >= 11 is 0.